The van der Waals surface area contributed by atoms with Crippen LogP contribution in [0.3, 0.4) is 0 Å². The summed E-state index contributed by atoms with van der Waals surface area (Å²) in [5.41, 5.74) is 3.55. The van der Waals surface area contributed by atoms with Gasteiger partial charge in [0, 0.05) is 29.8 Å². The fourth-order valence-electron chi connectivity index (χ4n) is 3.66. The van der Waals surface area contributed by atoms with E-state index in [1.807, 2.05) is 73.0 Å². The predicted molar refractivity (Wildman–Crippen MR) is 149 cm³/mol. The third-order valence-corrected chi connectivity index (χ3v) is 5.61. The number of alkyl carbamates (subject to hydrolysis) is 1. The van der Waals surface area contributed by atoms with Crippen LogP contribution >= 0.6 is 0 Å². The maximum absolute atomic E-state index is 12.4. The van der Waals surface area contributed by atoms with Crippen LogP contribution in [0.15, 0.2) is 70.5 Å². The number of rotatable bonds is 9. The van der Waals surface area contributed by atoms with E-state index in [-0.39, 0.29) is 18.0 Å². The molecule has 0 saturated carbocycles. The van der Waals surface area contributed by atoms with Gasteiger partial charge in [0.2, 0.25) is 0 Å². The summed E-state index contributed by atoms with van der Waals surface area (Å²) in [6.07, 6.45) is 7.79. The molecule has 39 heavy (non-hydrogen) atoms. The summed E-state index contributed by atoms with van der Waals surface area (Å²) in [7, 11) is 1.97. The average molecular weight is 541 g/mol. The van der Waals surface area contributed by atoms with Gasteiger partial charge in [-0.2, -0.15) is 0 Å². The molecule has 10 nitrogen and oxygen atoms in total. The molecule has 10 heteroatoms. The molecule has 0 aliphatic carbocycles. The molecule has 0 spiro atoms. The maximum Gasteiger partial charge on any atom is 0.514 e. The number of hydrogen-bond acceptors (Lipinski definition) is 7. The molecule has 1 aliphatic rings. The quantitative estimate of drug-likeness (QED) is 0.0984. The Morgan fingerprint density at radius 1 is 1.15 bits per heavy atom. The average Bonchev–Trinajstić information content (AvgIpc) is 2.84. The zero-order valence-electron chi connectivity index (χ0n) is 23.7. The molecule has 1 heterocycles. The summed E-state index contributed by atoms with van der Waals surface area (Å²) < 4.78 is 18.0. The molecule has 0 atom stereocenters. The first-order chi connectivity index (χ1) is 18.3. The molecular formula is C29H38N3O7+. The molecule has 2 rings (SSSR count). The summed E-state index contributed by atoms with van der Waals surface area (Å²) in [5.74, 6) is 0.150. The molecule has 0 aromatic heterocycles. The largest absolute Gasteiger partial charge is 0.514 e. The number of amides is 1. The molecule has 1 amide bonds. The number of ether oxygens (including phenoxy) is 3. The highest BCUT2D eigenvalue weighted by molar-refractivity contribution is 5.83. The Labute approximate surface area is 229 Å². The van der Waals surface area contributed by atoms with Gasteiger partial charge >= 0.3 is 12.2 Å². The van der Waals surface area contributed by atoms with Crippen LogP contribution in [0, 0.1) is 10.1 Å². The number of carbonyl (C=O) groups excluding carboxylic acids is 2. The summed E-state index contributed by atoms with van der Waals surface area (Å²) in [6, 6.07) is 5.18. The summed E-state index contributed by atoms with van der Waals surface area (Å²) >= 11 is 0. The summed E-state index contributed by atoms with van der Waals surface area (Å²) in [4.78, 5) is 34.9. The number of nitro groups is 1. The normalized spacial score (nSPS) is 14.9. The lowest BCUT2D eigenvalue weighted by molar-refractivity contribution is -0.493. The number of non-ortho nitro benzene ring substituents is 1. The van der Waals surface area contributed by atoms with Crippen LogP contribution in [0.4, 0.5) is 15.3 Å². The van der Waals surface area contributed by atoms with Gasteiger partial charge in [0.1, 0.15) is 31.5 Å². The lowest BCUT2D eigenvalue weighted by atomic mass is 9.97. The van der Waals surface area contributed by atoms with Gasteiger partial charge in [0.05, 0.1) is 4.92 Å². The predicted octanol–water partition coefficient (Wildman–Crippen LogP) is 6.23. The Hall–Kier alpha value is -4.21. The van der Waals surface area contributed by atoms with Crippen LogP contribution in [0.2, 0.25) is 0 Å². The van der Waals surface area contributed by atoms with Gasteiger partial charge in [0.15, 0.2) is 6.21 Å². The number of allylic oxidation sites excluding steroid dienone is 6. The molecule has 1 aliphatic heterocycles. The van der Waals surface area contributed by atoms with E-state index < -0.39 is 22.8 Å². The zero-order valence-corrected chi connectivity index (χ0v) is 23.7. The van der Waals surface area contributed by atoms with Crippen molar-refractivity contribution in [1.29, 1.82) is 0 Å². The van der Waals surface area contributed by atoms with Crippen LogP contribution in [-0.4, -0.2) is 53.8 Å². The van der Waals surface area contributed by atoms with Gasteiger partial charge in [-0.25, -0.2) is 14.2 Å². The van der Waals surface area contributed by atoms with Crippen molar-refractivity contribution in [3.8, 4) is 5.75 Å². The van der Waals surface area contributed by atoms with Crippen LogP contribution in [0.1, 0.15) is 54.4 Å². The fourth-order valence-corrected chi connectivity index (χ4v) is 3.66. The first-order valence-electron chi connectivity index (χ1n) is 12.7. The number of nitrogens with zero attached hydrogens (tertiary/aromatic N) is 2. The van der Waals surface area contributed by atoms with Crippen molar-refractivity contribution in [3.63, 3.8) is 0 Å². The smallest absolute Gasteiger partial charge is 0.444 e. The molecule has 0 unspecified atom stereocenters. The fraction of sp³-hybridized carbons (Fsp3) is 0.414. The van der Waals surface area contributed by atoms with Crippen LogP contribution in [0.5, 0.6) is 5.75 Å². The minimum absolute atomic E-state index is 0.0260. The topological polar surface area (TPSA) is 120 Å². The number of carbonyl (C=O) groups is 2. The second kappa shape index (κ2) is 14.1. The highest BCUT2D eigenvalue weighted by Gasteiger charge is 2.20. The van der Waals surface area contributed by atoms with E-state index in [1.54, 1.807) is 0 Å². The lowest BCUT2D eigenvalue weighted by Crippen LogP contribution is -2.32. The third kappa shape index (κ3) is 10.6. The Morgan fingerprint density at radius 2 is 1.82 bits per heavy atom. The Kier molecular flexibility index (Phi) is 11.2. The van der Waals surface area contributed by atoms with E-state index >= 15 is 0 Å². The van der Waals surface area contributed by atoms with Gasteiger partial charge in [-0.1, -0.05) is 19.1 Å². The summed E-state index contributed by atoms with van der Waals surface area (Å²) in [5, 5.41) is 13.6. The number of nitro benzene ring substituents is 1. The van der Waals surface area contributed by atoms with Gasteiger partial charge in [-0.15, -0.1) is 0 Å². The van der Waals surface area contributed by atoms with Gasteiger partial charge in [0.25, 0.3) is 5.69 Å². The standard InChI is InChI=1S/C29H37N3O7/c1-8-9-21(3)26(30-27(33)39-29(4,5)6)15-10-20(2)25-18-31(7)17-16-22(25)19-37-28(34)38-24-13-11-23(12-14-24)32(35)36/h9-15,18H,8,16-17,19H2,1-7H3/p+1/b20-10+,21-9+,26-15+. The molecule has 0 saturated heterocycles. The van der Waals surface area contributed by atoms with Crippen molar-refractivity contribution in [2.75, 3.05) is 20.2 Å². The van der Waals surface area contributed by atoms with Crippen molar-refractivity contribution >= 4 is 24.2 Å². The molecule has 0 radical (unpaired) electrons. The van der Waals surface area contributed by atoms with Crippen LogP contribution in [0.25, 0.3) is 0 Å². The van der Waals surface area contributed by atoms with Crippen molar-refractivity contribution in [2.24, 2.45) is 0 Å². The third-order valence-electron chi connectivity index (χ3n) is 5.61. The first-order valence-corrected chi connectivity index (χ1v) is 12.7. The second-order valence-corrected chi connectivity index (χ2v) is 10.1. The number of benzene rings is 1. The van der Waals surface area contributed by atoms with E-state index in [1.165, 1.54) is 24.3 Å². The van der Waals surface area contributed by atoms with E-state index in [4.69, 9.17) is 14.2 Å². The first kappa shape index (κ1) is 31.0. The van der Waals surface area contributed by atoms with Crippen molar-refractivity contribution in [2.45, 2.75) is 60.0 Å². The monoisotopic (exact) mass is 540 g/mol. The van der Waals surface area contributed by atoms with Crippen molar-refractivity contribution in [3.05, 3.63) is 80.6 Å². The molecule has 0 fully saturated rings. The Bertz CT molecular complexity index is 1230. The Morgan fingerprint density at radius 3 is 2.41 bits per heavy atom. The zero-order chi connectivity index (χ0) is 29.2. The van der Waals surface area contributed by atoms with Crippen molar-refractivity contribution in [1.82, 2.24) is 5.32 Å². The SMILES string of the molecule is CC/C=C(C)/C(=C\C=C(/C)C1=C(COC(=O)Oc2ccc([N+](=O)[O-])cc2)CC[N+](C)=C1)NC(=O)OC(C)(C)C. The van der Waals surface area contributed by atoms with E-state index in [9.17, 15) is 19.7 Å². The molecule has 1 aromatic rings. The Balaban J connectivity index is 2.22. The van der Waals surface area contributed by atoms with Crippen molar-refractivity contribution < 1.29 is 33.3 Å². The van der Waals surface area contributed by atoms with E-state index in [0.717, 1.165) is 35.3 Å². The van der Waals surface area contributed by atoms with E-state index in [2.05, 4.69) is 9.89 Å². The highest BCUT2D eigenvalue weighted by atomic mass is 16.7. The van der Waals surface area contributed by atoms with Gasteiger partial charge in [-0.05, 0) is 76.0 Å². The van der Waals surface area contributed by atoms with Crippen LogP contribution in [-0.2, 0) is 9.47 Å². The molecule has 1 aromatic carbocycles. The molecular weight excluding hydrogens is 502 g/mol. The number of hydrogen-bond donors (Lipinski definition) is 1. The molecule has 1 N–H and O–H groups in total. The lowest BCUT2D eigenvalue weighted by Gasteiger charge is -2.20. The molecule has 0 bridgehead atoms. The highest BCUT2D eigenvalue weighted by Crippen LogP contribution is 2.22. The minimum atomic E-state index is -0.902. The van der Waals surface area contributed by atoms with Gasteiger partial charge in [-0.3, -0.25) is 15.4 Å². The molecule has 210 valence electrons. The van der Waals surface area contributed by atoms with E-state index in [0.29, 0.717) is 12.1 Å². The van der Waals surface area contributed by atoms with Gasteiger partial charge < -0.3 is 14.2 Å². The maximum atomic E-state index is 12.4. The number of nitrogens with one attached hydrogen (secondary N) is 1. The summed E-state index contributed by atoms with van der Waals surface area (Å²) in [6.45, 7) is 12.1. The van der Waals surface area contributed by atoms with Crippen LogP contribution < -0.4 is 10.1 Å². The minimum Gasteiger partial charge on any atom is -0.444 e. The second-order valence-electron chi connectivity index (χ2n) is 10.1.